The van der Waals surface area contributed by atoms with Crippen molar-refractivity contribution in [2.24, 2.45) is 0 Å². The number of hydrogen-bond donors (Lipinski definition) is 1. The number of rotatable bonds is 4. The fraction of sp³-hybridized carbons (Fsp3) is 0.364. The molecular formula is C22H27ClN4O2. The Morgan fingerprint density at radius 3 is 2.24 bits per heavy atom. The minimum absolute atomic E-state index is 0.00987. The van der Waals surface area contributed by atoms with Gasteiger partial charge in [-0.1, -0.05) is 11.6 Å². The molecule has 1 aliphatic rings. The summed E-state index contributed by atoms with van der Waals surface area (Å²) >= 11 is 5.88. The Balaban J connectivity index is 1.58. The van der Waals surface area contributed by atoms with Crippen molar-refractivity contribution < 1.29 is 9.59 Å². The maximum atomic E-state index is 12.9. The number of carbonyl (C=O) groups excluding carboxylic acids is 2. The van der Waals surface area contributed by atoms with Gasteiger partial charge in [-0.2, -0.15) is 0 Å². The third-order valence-corrected chi connectivity index (χ3v) is 5.45. The summed E-state index contributed by atoms with van der Waals surface area (Å²) in [5.41, 5.74) is 2.47. The first kappa shape index (κ1) is 21.0. The van der Waals surface area contributed by atoms with Gasteiger partial charge in [0.2, 0.25) is 0 Å². The molecule has 1 N–H and O–H groups in total. The number of amides is 3. The smallest absolute Gasteiger partial charge is 0.321 e. The van der Waals surface area contributed by atoms with E-state index in [0.717, 1.165) is 18.7 Å². The first-order chi connectivity index (χ1) is 14.0. The molecule has 6 nitrogen and oxygen atoms in total. The molecule has 1 heterocycles. The van der Waals surface area contributed by atoms with Gasteiger partial charge in [0.15, 0.2) is 0 Å². The molecule has 0 aromatic heterocycles. The lowest BCUT2D eigenvalue weighted by molar-refractivity contribution is 0.0762. The zero-order chi connectivity index (χ0) is 20.8. The van der Waals surface area contributed by atoms with E-state index in [1.165, 1.54) is 0 Å². The second-order valence-corrected chi connectivity index (χ2v) is 7.57. The molecule has 0 saturated carbocycles. The maximum Gasteiger partial charge on any atom is 0.321 e. The van der Waals surface area contributed by atoms with Crippen LogP contribution in [0.1, 0.15) is 23.7 Å². The highest BCUT2D eigenvalue weighted by molar-refractivity contribution is 6.30. The van der Waals surface area contributed by atoms with Crippen LogP contribution in [-0.2, 0) is 0 Å². The molecule has 2 aromatic rings. The van der Waals surface area contributed by atoms with Gasteiger partial charge >= 0.3 is 6.03 Å². The highest BCUT2D eigenvalue weighted by atomic mass is 35.5. The highest BCUT2D eigenvalue weighted by Gasteiger charge is 2.23. The van der Waals surface area contributed by atoms with Gasteiger partial charge in [0, 0.05) is 61.7 Å². The first-order valence-electron chi connectivity index (χ1n) is 9.90. The summed E-state index contributed by atoms with van der Waals surface area (Å²) in [6.45, 7) is 5.27. The van der Waals surface area contributed by atoms with Crippen LogP contribution in [-0.4, -0.2) is 61.5 Å². The summed E-state index contributed by atoms with van der Waals surface area (Å²) in [5.74, 6) is 0.00987. The molecule has 0 radical (unpaired) electrons. The van der Waals surface area contributed by atoms with Crippen LogP contribution in [0.15, 0.2) is 48.5 Å². The lowest BCUT2D eigenvalue weighted by atomic mass is 10.1. The van der Waals surface area contributed by atoms with Gasteiger partial charge < -0.3 is 20.0 Å². The van der Waals surface area contributed by atoms with Gasteiger partial charge in [-0.15, -0.1) is 0 Å². The van der Waals surface area contributed by atoms with Crippen molar-refractivity contribution in [3.05, 3.63) is 59.1 Å². The van der Waals surface area contributed by atoms with Crippen molar-refractivity contribution in [2.75, 3.05) is 50.0 Å². The van der Waals surface area contributed by atoms with Crippen molar-refractivity contribution in [1.29, 1.82) is 0 Å². The first-order valence-corrected chi connectivity index (χ1v) is 10.3. The summed E-state index contributed by atoms with van der Waals surface area (Å²) in [7, 11) is 2.02. The molecule has 0 bridgehead atoms. The molecular weight excluding hydrogens is 388 g/mol. The number of halogens is 1. The molecule has 1 aliphatic heterocycles. The zero-order valence-electron chi connectivity index (χ0n) is 16.9. The third kappa shape index (κ3) is 5.41. The fourth-order valence-electron chi connectivity index (χ4n) is 3.28. The van der Waals surface area contributed by atoms with Crippen LogP contribution in [0.3, 0.4) is 0 Å². The van der Waals surface area contributed by atoms with Crippen molar-refractivity contribution in [3.63, 3.8) is 0 Å². The molecule has 29 heavy (non-hydrogen) atoms. The Kier molecular flexibility index (Phi) is 6.99. The van der Waals surface area contributed by atoms with Crippen molar-refractivity contribution in [3.8, 4) is 0 Å². The van der Waals surface area contributed by atoms with Crippen LogP contribution < -0.4 is 10.2 Å². The molecule has 7 heteroatoms. The minimum atomic E-state index is -0.159. The summed E-state index contributed by atoms with van der Waals surface area (Å²) in [4.78, 5) is 31.1. The van der Waals surface area contributed by atoms with Crippen LogP contribution in [0.25, 0.3) is 0 Å². The Labute approximate surface area is 177 Å². The number of urea groups is 1. The number of nitrogens with one attached hydrogen (secondary N) is 1. The fourth-order valence-corrected chi connectivity index (χ4v) is 3.41. The number of benzene rings is 2. The predicted molar refractivity (Wildman–Crippen MR) is 118 cm³/mol. The zero-order valence-corrected chi connectivity index (χ0v) is 17.7. The van der Waals surface area contributed by atoms with Gasteiger partial charge in [-0.25, -0.2) is 4.79 Å². The van der Waals surface area contributed by atoms with E-state index in [0.29, 0.717) is 42.5 Å². The van der Waals surface area contributed by atoms with Crippen LogP contribution in [0.5, 0.6) is 0 Å². The normalized spacial score (nSPS) is 14.3. The van der Waals surface area contributed by atoms with Gasteiger partial charge in [0.1, 0.15) is 0 Å². The maximum absolute atomic E-state index is 12.9. The number of carbonyl (C=O) groups is 2. The highest BCUT2D eigenvalue weighted by Crippen LogP contribution is 2.17. The van der Waals surface area contributed by atoms with Crippen molar-refractivity contribution in [1.82, 2.24) is 9.80 Å². The molecule has 154 valence electrons. The summed E-state index contributed by atoms with van der Waals surface area (Å²) in [6.07, 6.45) is 0.746. The molecule has 1 fully saturated rings. The summed E-state index contributed by atoms with van der Waals surface area (Å²) in [6, 6.07) is 14.6. The van der Waals surface area contributed by atoms with Crippen molar-refractivity contribution in [2.45, 2.75) is 13.3 Å². The predicted octanol–water partition coefficient (Wildman–Crippen LogP) is 4.18. The number of anilines is 2. The van der Waals surface area contributed by atoms with E-state index in [-0.39, 0.29) is 11.9 Å². The van der Waals surface area contributed by atoms with Crippen molar-refractivity contribution >= 4 is 34.9 Å². The average molecular weight is 415 g/mol. The van der Waals surface area contributed by atoms with E-state index < -0.39 is 0 Å². The molecule has 0 spiro atoms. The van der Waals surface area contributed by atoms with Crippen LogP contribution in [0, 0.1) is 0 Å². The largest absolute Gasteiger partial charge is 0.375 e. The van der Waals surface area contributed by atoms with E-state index in [4.69, 9.17) is 11.6 Å². The van der Waals surface area contributed by atoms with E-state index in [1.807, 2.05) is 36.2 Å². The molecule has 2 aromatic carbocycles. The standard InChI is InChI=1S/C22H27ClN4O2/c1-3-25(2)20-11-5-17(6-12-20)21(28)26-13-4-14-27(16-15-26)22(29)24-19-9-7-18(23)8-10-19/h5-12H,3-4,13-16H2,1-2H3,(H,24,29). The number of nitrogens with zero attached hydrogens (tertiary/aromatic N) is 3. The molecule has 1 saturated heterocycles. The van der Waals surface area contributed by atoms with Crippen LogP contribution >= 0.6 is 11.6 Å². The second-order valence-electron chi connectivity index (χ2n) is 7.13. The van der Waals surface area contributed by atoms with E-state index in [2.05, 4.69) is 17.1 Å². The Hall–Kier alpha value is -2.73. The van der Waals surface area contributed by atoms with Crippen LogP contribution in [0.4, 0.5) is 16.2 Å². The SMILES string of the molecule is CCN(C)c1ccc(C(=O)N2CCCN(C(=O)Nc3ccc(Cl)cc3)CC2)cc1. The lowest BCUT2D eigenvalue weighted by Gasteiger charge is -2.23. The van der Waals surface area contributed by atoms with E-state index >= 15 is 0 Å². The monoisotopic (exact) mass is 414 g/mol. The van der Waals surface area contributed by atoms with Crippen LogP contribution in [0.2, 0.25) is 5.02 Å². The third-order valence-electron chi connectivity index (χ3n) is 5.20. The summed E-state index contributed by atoms with van der Waals surface area (Å²) in [5, 5.41) is 3.51. The van der Waals surface area contributed by atoms with Gasteiger partial charge in [0.05, 0.1) is 0 Å². The Morgan fingerprint density at radius 1 is 0.966 bits per heavy atom. The molecule has 3 amide bonds. The minimum Gasteiger partial charge on any atom is -0.375 e. The topological polar surface area (TPSA) is 55.9 Å². The Morgan fingerprint density at radius 2 is 1.59 bits per heavy atom. The number of hydrogen-bond acceptors (Lipinski definition) is 3. The molecule has 0 atom stereocenters. The lowest BCUT2D eigenvalue weighted by Crippen LogP contribution is -2.39. The molecule has 0 aliphatic carbocycles. The van der Waals surface area contributed by atoms with Gasteiger partial charge in [0.25, 0.3) is 5.91 Å². The average Bonchev–Trinajstić information content (AvgIpc) is 3.01. The Bertz CT molecular complexity index is 839. The van der Waals surface area contributed by atoms with Gasteiger partial charge in [-0.05, 0) is 61.9 Å². The second kappa shape index (κ2) is 9.65. The quantitative estimate of drug-likeness (QED) is 0.816. The van der Waals surface area contributed by atoms with E-state index in [9.17, 15) is 9.59 Å². The molecule has 0 unspecified atom stereocenters. The molecule has 3 rings (SSSR count). The van der Waals surface area contributed by atoms with Gasteiger partial charge in [-0.3, -0.25) is 4.79 Å². The van der Waals surface area contributed by atoms with E-state index in [1.54, 1.807) is 29.2 Å². The summed E-state index contributed by atoms with van der Waals surface area (Å²) < 4.78 is 0.